The standard InChI is InChI=1S/C15H24N2O/c1-18-14-9-5-8-13(15(14)16)17-11-10-12-6-3-2-4-7-12/h5,8-9,12,17H,2-4,6-7,10-11,16H2,1H3. The van der Waals surface area contributed by atoms with Gasteiger partial charge in [-0.1, -0.05) is 38.2 Å². The van der Waals surface area contributed by atoms with Gasteiger partial charge >= 0.3 is 0 Å². The summed E-state index contributed by atoms with van der Waals surface area (Å²) in [4.78, 5) is 0. The molecule has 18 heavy (non-hydrogen) atoms. The maximum atomic E-state index is 6.03. The molecule has 1 aromatic carbocycles. The van der Waals surface area contributed by atoms with Crippen molar-refractivity contribution in [3.05, 3.63) is 18.2 Å². The van der Waals surface area contributed by atoms with E-state index in [1.54, 1.807) is 7.11 Å². The van der Waals surface area contributed by atoms with Crippen LogP contribution in [0, 0.1) is 5.92 Å². The Morgan fingerprint density at radius 2 is 2.06 bits per heavy atom. The van der Waals surface area contributed by atoms with Gasteiger partial charge in [0, 0.05) is 6.54 Å². The van der Waals surface area contributed by atoms with Gasteiger partial charge in [-0.2, -0.15) is 0 Å². The lowest BCUT2D eigenvalue weighted by atomic mass is 9.87. The third-order valence-corrected chi connectivity index (χ3v) is 3.88. The molecule has 3 nitrogen and oxygen atoms in total. The van der Waals surface area contributed by atoms with Gasteiger partial charge in [-0.15, -0.1) is 0 Å². The summed E-state index contributed by atoms with van der Waals surface area (Å²) in [5, 5.41) is 3.43. The summed E-state index contributed by atoms with van der Waals surface area (Å²) >= 11 is 0. The first-order valence-electron chi connectivity index (χ1n) is 6.97. The first-order valence-corrected chi connectivity index (χ1v) is 6.97. The number of nitrogens with one attached hydrogen (secondary N) is 1. The number of nitrogens with two attached hydrogens (primary N) is 1. The SMILES string of the molecule is COc1cccc(NCCC2CCCCC2)c1N. The minimum atomic E-state index is 0.712. The van der Waals surface area contributed by atoms with Crippen molar-refractivity contribution >= 4 is 11.4 Å². The Bertz CT molecular complexity index is 373. The molecule has 0 radical (unpaired) electrons. The second-order valence-electron chi connectivity index (χ2n) is 5.14. The first kappa shape index (κ1) is 13.1. The van der Waals surface area contributed by atoms with Gasteiger partial charge in [0.15, 0.2) is 0 Å². The molecule has 0 amide bonds. The molecular formula is C15H24N2O. The summed E-state index contributed by atoms with van der Waals surface area (Å²) in [5.41, 5.74) is 7.73. The molecule has 1 fully saturated rings. The number of nitrogen functional groups attached to an aromatic ring is 1. The highest BCUT2D eigenvalue weighted by Gasteiger charge is 2.13. The summed E-state index contributed by atoms with van der Waals surface area (Å²) < 4.78 is 5.22. The number of ether oxygens (including phenoxy) is 1. The molecule has 0 heterocycles. The zero-order valence-corrected chi connectivity index (χ0v) is 11.2. The zero-order chi connectivity index (χ0) is 12.8. The van der Waals surface area contributed by atoms with E-state index in [9.17, 15) is 0 Å². The number of hydrogen-bond acceptors (Lipinski definition) is 3. The molecule has 0 aromatic heterocycles. The maximum Gasteiger partial charge on any atom is 0.143 e. The van der Waals surface area contributed by atoms with Crippen LogP contribution in [0.5, 0.6) is 5.75 Å². The van der Waals surface area contributed by atoms with Crippen LogP contribution in [0.15, 0.2) is 18.2 Å². The fourth-order valence-electron chi connectivity index (χ4n) is 2.76. The van der Waals surface area contributed by atoms with Crippen LogP contribution in [-0.4, -0.2) is 13.7 Å². The van der Waals surface area contributed by atoms with Crippen molar-refractivity contribution in [3.63, 3.8) is 0 Å². The van der Waals surface area contributed by atoms with E-state index in [0.717, 1.165) is 23.9 Å². The van der Waals surface area contributed by atoms with Gasteiger partial charge in [0.1, 0.15) is 5.75 Å². The predicted molar refractivity (Wildman–Crippen MR) is 77.1 cm³/mol. The fourth-order valence-corrected chi connectivity index (χ4v) is 2.76. The molecule has 0 unspecified atom stereocenters. The Hall–Kier alpha value is -1.38. The Morgan fingerprint density at radius 1 is 1.28 bits per heavy atom. The van der Waals surface area contributed by atoms with Gasteiger partial charge in [0.05, 0.1) is 18.5 Å². The Kier molecular flexibility index (Phi) is 4.73. The van der Waals surface area contributed by atoms with Crippen molar-refractivity contribution in [2.24, 2.45) is 5.92 Å². The van der Waals surface area contributed by atoms with Gasteiger partial charge in [0.25, 0.3) is 0 Å². The number of benzene rings is 1. The van der Waals surface area contributed by atoms with Crippen LogP contribution in [0.2, 0.25) is 0 Å². The van der Waals surface area contributed by atoms with E-state index in [1.165, 1.54) is 38.5 Å². The highest BCUT2D eigenvalue weighted by Crippen LogP contribution is 2.30. The summed E-state index contributed by atoms with van der Waals surface area (Å²) in [7, 11) is 1.65. The Balaban J connectivity index is 1.82. The van der Waals surface area contributed by atoms with Crippen LogP contribution in [0.25, 0.3) is 0 Å². The highest BCUT2D eigenvalue weighted by atomic mass is 16.5. The molecule has 3 heteroatoms. The van der Waals surface area contributed by atoms with Crippen LogP contribution in [-0.2, 0) is 0 Å². The number of anilines is 2. The van der Waals surface area contributed by atoms with E-state index in [2.05, 4.69) is 5.32 Å². The van der Waals surface area contributed by atoms with Crippen LogP contribution in [0.3, 0.4) is 0 Å². The van der Waals surface area contributed by atoms with E-state index in [1.807, 2.05) is 18.2 Å². The minimum Gasteiger partial charge on any atom is -0.495 e. The summed E-state index contributed by atoms with van der Waals surface area (Å²) in [6.07, 6.45) is 8.28. The van der Waals surface area contributed by atoms with Gasteiger partial charge in [-0.25, -0.2) is 0 Å². The van der Waals surface area contributed by atoms with E-state index >= 15 is 0 Å². The smallest absolute Gasteiger partial charge is 0.143 e. The fraction of sp³-hybridized carbons (Fsp3) is 0.600. The maximum absolute atomic E-state index is 6.03. The highest BCUT2D eigenvalue weighted by molar-refractivity contribution is 5.72. The third kappa shape index (κ3) is 3.31. The molecule has 0 aliphatic heterocycles. The van der Waals surface area contributed by atoms with Crippen molar-refractivity contribution in [1.82, 2.24) is 0 Å². The molecule has 0 saturated heterocycles. The average Bonchev–Trinajstić information content (AvgIpc) is 2.42. The number of methoxy groups -OCH3 is 1. The molecule has 100 valence electrons. The molecule has 2 rings (SSSR count). The van der Waals surface area contributed by atoms with Gasteiger partial charge in [-0.05, 0) is 24.5 Å². The van der Waals surface area contributed by atoms with E-state index in [0.29, 0.717) is 5.69 Å². The molecule has 1 aromatic rings. The summed E-state index contributed by atoms with van der Waals surface area (Å²) in [6.45, 7) is 1.00. The van der Waals surface area contributed by atoms with Crippen molar-refractivity contribution in [3.8, 4) is 5.75 Å². The quantitative estimate of drug-likeness (QED) is 0.782. The lowest BCUT2D eigenvalue weighted by Gasteiger charge is -2.22. The topological polar surface area (TPSA) is 47.3 Å². The molecule has 3 N–H and O–H groups in total. The van der Waals surface area contributed by atoms with Crippen molar-refractivity contribution in [2.45, 2.75) is 38.5 Å². The second kappa shape index (κ2) is 6.53. The Morgan fingerprint density at radius 3 is 2.78 bits per heavy atom. The minimum absolute atomic E-state index is 0.712. The van der Waals surface area contributed by atoms with Crippen molar-refractivity contribution < 1.29 is 4.74 Å². The van der Waals surface area contributed by atoms with Crippen molar-refractivity contribution in [1.29, 1.82) is 0 Å². The monoisotopic (exact) mass is 248 g/mol. The molecule has 1 saturated carbocycles. The molecular weight excluding hydrogens is 224 g/mol. The second-order valence-corrected chi connectivity index (χ2v) is 5.14. The van der Waals surface area contributed by atoms with E-state index < -0.39 is 0 Å². The normalized spacial score (nSPS) is 16.5. The average molecular weight is 248 g/mol. The van der Waals surface area contributed by atoms with Crippen molar-refractivity contribution in [2.75, 3.05) is 24.7 Å². The van der Waals surface area contributed by atoms with Gasteiger partial charge < -0.3 is 15.8 Å². The number of para-hydroxylation sites is 1. The van der Waals surface area contributed by atoms with E-state index in [-0.39, 0.29) is 0 Å². The lowest BCUT2D eigenvalue weighted by molar-refractivity contribution is 0.345. The zero-order valence-electron chi connectivity index (χ0n) is 11.2. The third-order valence-electron chi connectivity index (χ3n) is 3.88. The van der Waals surface area contributed by atoms with E-state index in [4.69, 9.17) is 10.5 Å². The molecule has 0 bridgehead atoms. The van der Waals surface area contributed by atoms with Gasteiger partial charge in [0.2, 0.25) is 0 Å². The molecule has 1 aliphatic carbocycles. The van der Waals surface area contributed by atoms with Gasteiger partial charge in [-0.3, -0.25) is 0 Å². The van der Waals surface area contributed by atoms with Crippen LogP contribution < -0.4 is 15.8 Å². The van der Waals surface area contributed by atoms with Crippen LogP contribution in [0.1, 0.15) is 38.5 Å². The number of hydrogen-bond donors (Lipinski definition) is 2. The number of rotatable bonds is 5. The summed E-state index contributed by atoms with van der Waals surface area (Å²) in [5.74, 6) is 1.65. The summed E-state index contributed by atoms with van der Waals surface area (Å²) in [6, 6.07) is 5.87. The largest absolute Gasteiger partial charge is 0.495 e. The predicted octanol–water partition coefficient (Wildman–Crippen LogP) is 3.66. The van der Waals surface area contributed by atoms with Crippen LogP contribution in [0.4, 0.5) is 11.4 Å². The molecule has 1 aliphatic rings. The Labute approximate surface area is 110 Å². The molecule has 0 atom stereocenters. The van der Waals surface area contributed by atoms with Crippen LogP contribution >= 0.6 is 0 Å². The molecule has 0 spiro atoms. The first-order chi connectivity index (χ1) is 8.81. The lowest BCUT2D eigenvalue weighted by Crippen LogP contribution is -2.13.